The molecule has 0 amide bonds. The molecule has 149 valence electrons. The molecule has 3 nitrogen and oxygen atoms in total. The molecule has 3 aromatic carbocycles. The van der Waals surface area contributed by atoms with Crippen LogP contribution in [-0.4, -0.2) is 20.4 Å². The molecule has 0 aromatic heterocycles. The molecule has 0 fully saturated rings. The Morgan fingerprint density at radius 1 is 0.966 bits per heavy atom. The van der Waals surface area contributed by atoms with Crippen LogP contribution in [-0.2, 0) is 11.3 Å². The summed E-state index contributed by atoms with van der Waals surface area (Å²) in [6.45, 7) is 6.56. The summed E-state index contributed by atoms with van der Waals surface area (Å²) < 4.78 is 6.48. The first-order valence-corrected chi connectivity index (χ1v) is 11.4. The molecule has 0 atom stereocenters. The highest BCUT2D eigenvalue weighted by Gasteiger charge is 2.25. The van der Waals surface area contributed by atoms with Gasteiger partial charge in [0.05, 0.1) is 11.4 Å². The Bertz CT molecular complexity index is 980. The number of rotatable bonds is 6. The summed E-state index contributed by atoms with van der Waals surface area (Å²) in [7, 11) is -1.64. The first kappa shape index (κ1) is 21.2. The van der Waals surface area contributed by atoms with Gasteiger partial charge >= 0.3 is 9.04 Å². The number of hydrogen-bond acceptors (Lipinski definition) is 3. The Morgan fingerprint density at radius 2 is 1.59 bits per heavy atom. The minimum Gasteiger partial charge on any atom is -0.532 e. The summed E-state index contributed by atoms with van der Waals surface area (Å²) in [6.07, 6.45) is 0.618. The Balaban J connectivity index is 2.06. The first-order valence-electron chi connectivity index (χ1n) is 9.42. The average molecular weight is 424 g/mol. The van der Waals surface area contributed by atoms with Gasteiger partial charge in [-0.15, -0.1) is 11.6 Å². The second-order valence-electron chi connectivity index (χ2n) is 7.85. The van der Waals surface area contributed by atoms with Gasteiger partial charge in [-0.3, -0.25) is 4.79 Å². The molecule has 29 heavy (non-hydrogen) atoms. The van der Waals surface area contributed by atoms with Gasteiger partial charge in [-0.25, -0.2) is 0 Å². The summed E-state index contributed by atoms with van der Waals surface area (Å²) in [6, 6.07) is 21.7. The lowest BCUT2D eigenvalue weighted by molar-refractivity contribution is 0.112. The maximum atomic E-state index is 11.5. The zero-order valence-corrected chi connectivity index (χ0v) is 18.5. The number of alkyl halides is 1. The number of carbonyl (C=O) groups excluding carboxylic acids is 1. The lowest BCUT2D eigenvalue weighted by atomic mass is 9.87. The maximum Gasteiger partial charge on any atom is 0.352 e. The molecule has 1 N–H and O–H groups in total. The Morgan fingerprint density at radius 3 is 2.14 bits per heavy atom. The third kappa shape index (κ3) is 4.71. The van der Waals surface area contributed by atoms with Gasteiger partial charge in [0.15, 0.2) is 6.29 Å². The number of aromatic hydroxyl groups is 1. The van der Waals surface area contributed by atoms with Crippen LogP contribution in [0.3, 0.4) is 0 Å². The Kier molecular flexibility index (Phi) is 6.45. The summed E-state index contributed by atoms with van der Waals surface area (Å²) in [4.78, 5) is 11.5. The van der Waals surface area contributed by atoms with Crippen LogP contribution in [0.25, 0.3) is 0 Å². The largest absolute Gasteiger partial charge is 0.532 e. The predicted molar refractivity (Wildman–Crippen MR) is 120 cm³/mol. The maximum absolute atomic E-state index is 11.5. The number of carbonyl (C=O) groups is 1. The van der Waals surface area contributed by atoms with E-state index in [4.69, 9.17) is 16.0 Å². The van der Waals surface area contributed by atoms with Crippen molar-refractivity contribution >= 4 is 37.3 Å². The molecule has 0 aliphatic carbocycles. The van der Waals surface area contributed by atoms with Gasteiger partial charge in [-0.05, 0) is 33.5 Å². The van der Waals surface area contributed by atoms with E-state index in [1.165, 1.54) is 11.6 Å². The molecule has 3 rings (SSSR count). The van der Waals surface area contributed by atoms with Crippen LogP contribution >= 0.6 is 11.6 Å². The van der Waals surface area contributed by atoms with Crippen molar-refractivity contribution in [1.29, 1.82) is 0 Å². The zero-order chi connectivity index (χ0) is 21.0. The minimum absolute atomic E-state index is 0.0701. The summed E-state index contributed by atoms with van der Waals surface area (Å²) in [5.41, 5.74) is 2.01. The van der Waals surface area contributed by atoms with E-state index in [9.17, 15) is 9.90 Å². The number of phenolic OH excluding ortho intramolecular Hbond substituents is 1. The second kappa shape index (κ2) is 8.85. The fourth-order valence-electron chi connectivity index (χ4n) is 3.10. The molecule has 0 spiro atoms. The van der Waals surface area contributed by atoms with E-state index < -0.39 is 9.04 Å². The number of hydrogen-bond donors (Lipinski definition) is 1. The number of halogens is 1. The molecule has 0 aliphatic heterocycles. The fraction of sp³-hybridized carbons (Fsp3) is 0.208. The SMILES string of the molecule is CC(C)(C)c1ccc([Si](Oc2ccc(O)c(C=O)c2CCl)c2ccccc2)cc1. The van der Waals surface area contributed by atoms with Crippen molar-refractivity contribution < 1.29 is 14.3 Å². The second-order valence-corrected chi connectivity index (χ2v) is 10.1. The van der Waals surface area contributed by atoms with Crippen LogP contribution in [0.1, 0.15) is 42.3 Å². The zero-order valence-electron chi connectivity index (χ0n) is 16.8. The third-order valence-electron chi connectivity index (χ3n) is 4.80. The molecule has 1 radical (unpaired) electrons. The minimum atomic E-state index is -1.64. The van der Waals surface area contributed by atoms with Crippen LogP contribution in [0.2, 0.25) is 0 Å². The van der Waals surface area contributed by atoms with Gasteiger partial charge in [-0.2, -0.15) is 0 Å². The van der Waals surface area contributed by atoms with Gasteiger partial charge in [-0.1, -0.05) is 75.4 Å². The highest BCUT2D eigenvalue weighted by molar-refractivity contribution is 6.80. The number of benzene rings is 3. The smallest absolute Gasteiger partial charge is 0.352 e. The average Bonchev–Trinajstić information content (AvgIpc) is 2.72. The number of aldehydes is 1. The van der Waals surface area contributed by atoms with Gasteiger partial charge in [0.2, 0.25) is 0 Å². The van der Waals surface area contributed by atoms with Crippen molar-refractivity contribution in [3.05, 3.63) is 83.4 Å². The Labute approximate surface area is 178 Å². The van der Waals surface area contributed by atoms with Gasteiger partial charge < -0.3 is 9.53 Å². The quantitative estimate of drug-likeness (QED) is 0.362. The fourth-order valence-corrected chi connectivity index (χ4v) is 5.32. The van der Waals surface area contributed by atoms with Gasteiger partial charge in [0.25, 0.3) is 0 Å². The van der Waals surface area contributed by atoms with Crippen LogP contribution < -0.4 is 14.8 Å². The van der Waals surface area contributed by atoms with E-state index >= 15 is 0 Å². The Hall–Kier alpha value is -2.56. The normalized spacial score (nSPS) is 11.5. The molecular formula is C24H24ClO3Si. The van der Waals surface area contributed by atoms with Crippen molar-refractivity contribution in [2.75, 3.05) is 0 Å². The lowest BCUT2D eigenvalue weighted by Crippen LogP contribution is -2.47. The van der Waals surface area contributed by atoms with Crippen molar-refractivity contribution in [1.82, 2.24) is 0 Å². The lowest BCUT2D eigenvalue weighted by Gasteiger charge is -2.22. The summed E-state index contributed by atoms with van der Waals surface area (Å²) >= 11 is 6.10. The highest BCUT2D eigenvalue weighted by atomic mass is 35.5. The molecule has 0 unspecified atom stereocenters. The van der Waals surface area contributed by atoms with E-state index in [0.29, 0.717) is 17.6 Å². The van der Waals surface area contributed by atoms with Gasteiger partial charge in [0, 0.05) is 5.56 Å². The van der Waals surface area contributed by atoms with Crippen LogP contribution in [0.15, 0.2) is 66.7 Å². The molecule has 0 saturated heterocycles. The van der Waals surface area contributed by atoms with E-state index in [0.717, 1.165) is 10.4 Å². The van der Waals surface area contributed by atoms with E-state index in [-0.39, 0.29) is 22.6 Å². The van der Waals surface area contributed by atoms with E-state index in [1.54, 1.807) is 6.07 Å². The first-order chi connectivity index (χ1) is 13.8. The van der Waals surface area contributed by atoms with Crippen LogP contribution in [0.5, 0.6) is 11.5 Å². The van der Waals surface area contributed by atoms with Crippen molar-refractivity contribution in [2.45, 2.75) is 32.1 Å². The molecule has 3 aromatic rings. The van der Waals surface area contributed by atoms with E-state index in [2.05, 4.69) is 45.0 Å². The molecular weight excluding hydrogens is 400 g/mol. The molecule has 0 aliphatic rings. The van der Waals surface area contributed by atoms with Crippen molar-refractivity contribution in [3.8, 4) is 11.5 Å². The van der Waals surface area contributed by atoms with Gasteiger partial charge in [0.1, 0.15) is 11.5 Å². The topological polar surface area (TPSA) is 46.5 Å². The molecule has 0 saturated carbocycles. The standard InChI is InChI=1S/C24H24ClO3Si/c1-24(2,3)17-9-11-19(12-10-17)29(18-7-5-4-6-8-18)28-23-14-13-22(27)21(16-26)20(23)15-25/h4-14,16,27H,15H2,1-3H3. The third-order valence-corrected chi connectivity index (χ3v) is 7.21. The van der Waals surface area contributed by atoms with Crippen molar-refractivity contribution in [2.24, 2.45) is 0 Å². The van der Waals surface area contributed by atoms with Crippen molar-refractivity contribution in [3.63, 3.8) is 0 Å². The van der Waals surface area contributed by atoms with Crippen LogP contribution in [0, 0.1) is 0 Å². The molecule has 0 heterocycles. The molecule has 5 heteroatoms. The predicted octanol–water partition coefficient (Wildman–Crippen LogP) is 4.43. The highest BCUT2D eigenvalue weighted by Crippen LogP contribution is 2.30. The molecule has 0 bridgehead atoms. The van der Waals surface area contributed by atoms with Crippen LogP contribution in [0.4, 0.5) is 0 Å². The summed E-state index contributed by atoms with van der Waals surface area (Å²) in [5.74, 6) is 0.508. The summed E-state index contributed by atoms with van der Waals surface area (Å²) in [5, 5.41) is 12.2. The number of phenols is 1. The monoisotopic (exact) mass is 423 g/mol. The van der Waals surface area contributed by atoms with E-state index in [1.807, 2.05) is 30.3 Å².